The molecule has 0 aliphatic heterocycles. The summed E-state index contributed by atoms with van der Waals surface area (Å²) in [6.45, 7) is 1.83. The third kappa shape index (κ3) is 2.94. The van der Waals surface area contributed by atoms with Crippen molar-refractivity contribution in [3.05, 3.63) is 24.5 Å². The van der Waals surface area contributed by atoms with E-state index in [1.54, 1.807) is 24.5 Å². The van der Waals surface area contributed by atoms with Gasteiger partial charge in [-0.05, 0) is 37.8 Å². The van der Waals surface area contributed by atoms with Crippen LogP contribution in [0.2, 0.25) is 0 Å². The van der Waals surface area contributed by atoms with Gasteiger partial charge in [0.05, 0.1) is 12.1 Å². The van der Waals surface area contributed by atoms with Crippen LogP contribution in [-0.2, 0) is 0 Å². The van der Waals surface area contributed by atoms with Gasteiger partial charge in [0.2, 0.25) is 0 Å². The Morgan fingerprint density at radius 3 is 2.71 bits per heavy atom. The monoisotopic (exact) mass is 235 g/mol. The van der Waals surface area contributed by atoms with E-state index in [9.17, 15) is 9.90 Å². The van der Waals surface area contributed by atoms with Crippen LogP contribution in [-0.4, -0.2) is 28.3 Å². The highest BCUT2D eigenvalue weighted by atomic mass is 16.3. The minimum atomic E-state index is -0.517. The molecule has 2 rings (SSSR count). The number of hydrogen-bond donors (Lipinski definition) is 3. The number of carbonyl (C=O) groups excluding carboxylic acids is 1. The second-order valence-corrected chi connectivity index (χ2v) is 4.66. The van der Waals surface area contributed by atoms with Gasteiger partial charge in [-0.15, -0.1) is 0 Å². The van der Waals surface area contributed by atoms with E-state index in [-0.39, 0.29) is 12.6 Å². The number of aromatic nitrogens is 1. The zero-order valence-electron chi connectivity index (χ0n) is 9.81. The van der Waals surface area contributed by atoms with Crippen molar-refractivity contribution in [2.75, 3.05) is 11.9 Å². The Morgan fingerprint density at radius 1 is 1.53 bits per heavy atom. The second kappa shape index (κ2) is 4.71. The molecular formula is C12H17N3O2. The summed E-state index contributed by atoms with van der Waals surface area (Å²) in [5.74, 6) is 0.385. The molecule has 1 unspecified atom stereocenters. The topological polar surface area (TPSA) is 74.2 Å². The molecule has 3 N–H and O–H groups in total. The number of amides is 2. The van der Waals surface area contributed by atoms with E-state index in [0.29, 0.717) is 11.6 Å². The van der Waals surface area contributed by atoms with Crippen LogP contribution >= 0.6 is 0 Å². The van der Waals surface area contributed by atoms with Crippen LogP contribution in [0.3, 0.4) is 0 Å². The predicted octanol–water partition coefficient (Wildman–Crippen LogP) is 1.36. The summed E-state index contributed by atoms with van der Waals surface area (Å²) in [5.41, 5.74) is 0.172. The molecule has 0 spiro atoms. The van der Waals surface area contributed by atoms with Crippen molar-refractivity contribution < 1.29 is 9.90 Å². The van der Waals surface area contributed by atoms with E-state index in [4.69, 9.17) is 0 Å². The number of aliphatic hydroxyl groups is 1. The third-order valence-corrected chi connectivity index (χ3v) is 3.14. The molecule has 1 aliphatic carbocycles. The van der Waals surface area contributed by atoms with Gasteiger partial charge in [0, 0.05) is 18.1 Å². The Morgan fingerprint density at radius 2 is 2.18 bits per heavy atom. The average Bonchev–Trinajstić information content (AvgIpc) is 3.14. The van der Waals surface area contributed by atoms with E-state index in [1.165, 1.54) is 0 Å². The molecular weight excluding hydrogens is 218 g/mol. The number of nitrogens with zero attached hydrogens (tertiary/aromatic N) is 1. The number of pyridine rings is 1. The molecule has 0 aromatic carbocycles. The lowest BCUT2D eigenvalue weighted by Gasteiger charge is -2.28. The molecule has 0 bridgehead atoms. The molecule has 1 aromatic heterocycles. The van der Waals surface area contributed by atoms with Crippen molar-refractivity contribution in [3.63, 3.8) is 0 Å². The number of carbonyl (C=O) groups is 1. The summed E-state index contributed by atoms with van der Waals surface area (Å²) in [6.07, 6.45) is 5.35. The molecule has 2 amide bonds. The van der Waals surface area contributed by atoms with Gasteiger partial charge in [-0.25, -0.2) is 4.79 Å². The van der Waals surface area contributed by atoms with E-state index in [0.717, 1.165) is 12.8 Å². The minimum absolute atomic E-state index is 0.0402. The first-order valence-electron chi connectivity index (χ1n) is 5.74. The molecule has 5 nitrogen and oxygen atoms in total. The van der Waals surface area contributed by atoms with E-state index in [1.807, 2.05) is 6.92 Å². The number of anilines is 1. The Bertz CT molecular complexity index is 392. The Hall–Kier alpha value is -1.62. The van der Waals surface area contributed by atoms with Gasteiger partial charge in [-0.1, -0.05) is 0 Å². The highest BCUT2D eigenvalue weighted by Crippen LogP contribution is 2.39. The molecule has 0 saturated heterocycles. The van der Waals surface area contributed by atoms with Crippen molar-refractivity contribution in [1.82, 2.24) is 10.3 Å². The van der Waals surface area contributed by atoms with Crippen molar-refractivity contribution in [3.8, 4) is 0 Å². The summed E-state index contributed by atoms with van der Waals surface area (Å²) in [5, 5.41) is 14.9. The molecule has 1 fully saturated rings. The number of urea groups is 1. The third-order valence-electron chi connectivity index (χ3n) is 3.14. The van der Waals surface area contributed by atoms with Gasteiger partial charge in [0.15, 0.2) is 0 Å². The van der Waals surface area contributed by atoms with Crippen LogP contribution in [0.1, 0.15) is 19.8 Å². The SMILES string of the molecule is CC(CO)(NC(=O)Nc1ccncc1)C1CC1. The fourth-order valence-electron chi connectivity index (χ4n) is 1.85. The quantitative estimate of drug-likeness (QED) is 0.737. The zero-order chi connectivity index (χ0) is 12.3. The van der Waals surface area contributed by atoms with Crippen LogP contribution in [0.25, 0.3) is 0 Å². The molecule has 0 radical (unpaired) electrons. The fraction of sp³-hybridized carbons (Fsp3) is 0.500. The average molecular weight is 235 g/mol. The van der Waals surface area contributed by atoms with E-state index < -0.39 is 5.54 Å². The Labute approximate surface area is 100 Å². The van der Waals surface area contributed by atoms with E-state index in [2.05, 4.69) is 15.6 Å². The largest absolute Gasteiger partial charge is 0.394 e. The molecule has 1 saturated carbocycles. The van der Waals surface area contributed by atoms with Crippen LogP contribution in [0.15, 0.2) is 24.5 Å². The summed E-state index contributed by atoms with van der Waals surface area (Å²) in [6, 6.07) is 3.14. The van der Waals surface area contributed by atoms with Gasteiger partial charge in [-0.2, -0.15) is 0 Å². The Balaban J connectivity index is 1.92. The number of aliphatic hydroxyl groups excluding tert-OH is 1. The highest BCUT2D eigenvalue weighted by molar-refractivity contribution is 5.89. The molecule has 17 heavy (non-hydrogen) atoms. The highest BCUT2D eigenvalue weighted by Gasteiger charge is 2.42. The molecule has 1 aliphatic rings. The number of hydrogen-bond acceptors (Lipinski definition) is 3. The fourth-order valence-corrected chi connectivity index (χ4v) is 1.85. The van der Waals surface area contributed by atoms with Crippen molar-refractivity contribution >= 4 is 11.7 Å². The van der Waals surface area contributed by atoms with Crippen LogP contribution in [0.4, 0.5) is 10.5 Å². The summed E-state index contributed by atoms with van der Waals surface area (Å²) >= 11 is 0. The van der Waals surface area contributed by atoms with Gasteiger partial charge in [0.1, 0.15) is 0 Å². The van der Waals surface area contributed by atoms with Gasteiger partial charge in [-0.3, -0.25) is 4.98 Å². The number of nitrogens with one attached hydrogen (secondary N) is 2. The van der Waals surface area contributed by atoms with Crippen molar-refractivity contribution in [2.24, 2.45) is 5.92 Å². The molecule has 1 atom stereocenters. The standard InChI is InChI=1S/C12H17N3O2/c1-12(8-16,9-2-3-9)15-11(17)14-10-4-6-13-7-5-10/h4-7,9,16H,2-3,8H2,1H3,(H2,13,14,15,17). The second-order valence-electron chi connectivity index (χ2n) is 4.66. The Kier molecular flexibility index (Phi) is 3.28. The first kappa shape index (κ1) is 11.9. The summed E-state index contributed by atoms with van der Waals surface area (Å²) < 4.78 is 0. The smallest absolute Gasteiger partial charge is 0.319 e. The normalized spacial score (nSPS) is 18.2. The first-order valence-corrected chi connectivity index (χ1v) is 5.74. The maximum atomic E-state index is 11.8. The summed E-state index contributed by atoms with van der Waals surface area (Å²) in [4.78, 5) is 15.6. The van der Waals surface area contributed by atoms with E-state index >= 15 is 0 Å². The summed E-state index contributed by atoms with van der Waals surface area (Å²) in [7, 11) is 0. The number of rotatable bonds is 4. The van der Waals surface area contributed by atoms with Crippen molar-refractivity contribution in [2.45, 2.75) is 25.3 Å². The minimum Gasteiger partial charge on any atom is -0.394 e. The molecule has 5 heteroatoms. The molecule has 1 heterocycles. The maximum Gasteiger partial charge on any atom is 0.319 e. The van der Waals surface area contributed by atoms with Crippen LogP contribution < -0.4 is 10.6 Å². The van der Waals surface area contributed by atoms with Gasteiger partial charge < -0.3 is 15.7 Å². The lowest BCUT2D eigenvalue weighted by atomic mass is 9.97. The maximum absolute atomic E-state index is 11.8. The van der Waals surface area contributed by atoms with Crippen LogP contribution in [0, 0.1) is 5.92 Å². The zero-order valence-corrected chi connectivity index (χ0v) is 9.81. The van der Waals surface area contributed by atoms with Crippen LogP contribution in [0.5, 0.6) is 0 Å². The lowest BCUT2D eigenvalue weighted by molar-refractivity contribution is 0.159. The van der Waals surface area contributed by atoms with Gasteiger partial charge >= 0.3 is 6.03 Å². The lowest BCUT2D eigenvalue weighted by Crippen LogP contribution is -2.52. The first-order chi connectivity index (χ1) is 8.14. The van der Waals surface area contributed by atoms with Gasteiger partial charge in [0.25, 0.3) is 0 Å². The molecule has 1 aromatic rings. The predicted molar refractivity (Wildman–Crippen MR) is 64.6 cm³/mol. The molecule has 92 valence electrons. The van der Waals surface area contributed by atoms with Crippen molar-refractivity contribution in [1.29, 1.82) is 0 Å².